The van der Waals surface area contributed by atoms with E-state index in [4.69, 9.17) is 5.73 Å². The van der Waals surface area contributed by atoms with Crippen LogP contribution < -0.4 is 11.1 Å². The van der Waals surface area contributed by atoms with Gasteiger partial charge in [0.25, 0.3) is 0 Å². The fourth-order valence-electron chi connectivity index (χ4n) is 0.504. The predicted octanol–water partition coefficient (Wildman–Crippen LogP) is 0.529. The van der Waals surface area contributed by atoms with Crippen LogP contribution in [0.25, 0.3) is 0 Å². The molecule has 1 amide bonds. The first-order chi connectivity index (χ1) is 5.54. The molecule has 0 aromatic heterocycles. The van der Waals surface area contributed by atoms with E-state index in [9.17, 15) is 18.0 Å². The van der Waals surface area contributed by atoms with E-state index < -0.39 is 24.2 Å². The maximum atomic E-state index is 12.0. The molecule has 0 aromatic rings. The number of hydrogen-bond acceptors (Lipinski definition) is 2. The first-order valence-corrected chi connectivity index (χ1v) is 3.22. The van der Waals surface area contributed by atoms with Gasteiger partial charge in [-0.3, -0.25) is 4.79 Å². The predicted molar refractivity (Wildman–Crippen MR) is 37.0 cm³/mol. The Morgan fingerprint density at radius 2 is 1.92 bits per heavy atom. The highest BCUT2D eigenvalue weighted by molar-refractivity contribution is 5.75. The lowest BCUT2D eigenvalue weighted by molar-refractivity contribution is -0.117. The summed E-state index contributed by atoms with van der Waals surface area (Å²) in [6, 6.07) is 0. The van der Waals surface area contributed by atoms with Crippen molar-refractivity contribution in [2.45, 2.75) is 6.42 Å². The molecule has 3 N–H and O–H groups in total. The average Bonchev–Trinajstić information content (AvgIpc) is 1.97. The summed E-state index contributed by atoms with van der Waals surface area (Å²) in [6.07, 6.45) is -2.76. The van der Waals surface area contributed by atoms with E-state index in [1.807, 2.05) is 0 Å². The summed E-state index contributed by atoms with van der Waals surface area (Å²) < 4.78 is 34.8. The van der Waals surface area contributed by atoms with Crippen LogP contribution in [0, 0.1) is 0 Å². The molecule has 0 spiro atoms. The lowest BCUT2D eigenvalue weighted by atomic mass is 10.4. The minimum absolute atomic E-state index is 0.0356. The molecular formula is C6H9F3N2O. The second-order valence-corrected chi connectivity index (χ2v) is 2.06. The van der Waals surface area contributed by atoms with Crippen LogP contribution in [-0.4, -0.2) is 19.0 Å². The molecule has 0 saturated heterocycles. The maximum Gasteiger partial charge on any atom is 0.301 e. The Labute approximate surface area is 67.4 Å². The van der Waals surface area contributed by atoms with Crippen LogP contribution in [0.4, 0.5) is 13.2 Å². The molecule has 6 heteroatoms. The normalized spacial score (nSPS) is 9.58. The topological polar surface area (TPSA) is 55.1 Å². The second-order valence-electron chi connectivity index (χ2n) is 2.06. The van der Waals surface area contributed by atoms with Crippen LogP contribution in [0.3, 0.4) is 0 Å². The number of primary amides is 1. The summed E-state index contributed by atoms with van der Waals surface area (Å²) in [5.41, 5.74) is 4.71. The van der Waals surface area contributed by atoms with E-state index in [2.05, 4.69) is 5.32 Å². The third-order valence-electron chi connectivity index (χ3n) is 1.03. The van der Waals surface area contributed by atoms with Gasteiger partial charge in [-0.15, -0.1) is 0 Å². The number of carbonyl (C=O) groups is 1. The zero-order valence-corrected chi connectivity index (χ0v) is 6.24. The Hall–Kier alpha value is -1.04. The fourth-order valence-corrected chi connectivity index (χ4v) is 0.504. The van der Waals surface area contributed by atoms with E-state index >= 15 is 0 Å². The summed E-state index contributed by atoms with van der Waals surface area (Å²) >= 11 is 0. The van der Waals surface area contributed by atoms with Gasteiger partial charge in [-0.05, 0) is 0 Å². The molecule has 12 heavy (non-hydrogen) atoms. The zero-order valence-electron chi connectivity index (χ0n) is 6.24. The van der Waals surface area contributed by atoms with Crippen molar-refractivity contribution >= 4 is 5.91 Å². The van der Waals surface area contributed by atoms with E-state index in [1.54, 1.807) is 0 Å². The molecule has 0 aromatic carbocycles. The Morgan fingerprint density at radius 3 is 2.33 bits per heavy atom. The Morgan fingerprint density at radius 1 is 1.33 bits per heavy atom. The van der Waals surface area contributed by atoms with Crippen molar-refractivity contribution in [1.82, 2.24) is 5.32 Å². The first-order valence-electron chi connectivity index (χ1n) is 3.22. The molecule has 0 saturated carbocycles. The quantitative estimate of drug-likeness (QED) is 0.609. The minimum Gasteiger partial charge on any atom is -0.369 e. The van der Waals surface area contributed by atoms with Gasteiger partial charge in [0.15, 0.2) is 5.83 Å². The highest BCUT2D eigenvalue weighted by Gasteiger charge is 2.03. The molecule has 3 nitrogen and oxygen atoms in total. The van der Waals surface area contributed by atoms with E-state index in [-0.39, 0.29) is 13.1 Å². The molecule has 0 aliphatic heterocycles. The number of carbonyl (C=O) groups excluding carboxylic acids is 1. The van der Waals surface area contributed by atoms with Crippen LogP contribution >= 0.6 is 0 Å². The van der Waals surface area contributed by atoms with Crippen LogP contribution in [0.1, 0.15) is 6.42 Å². The molecular weight excluding hydrogens is 173 g/mol. The van der Waals surface area contributed by atoms with Gasteiger partial charge in [0.1, 0.15) is 0 Å². The van der Waals surface area contributed by atoms with Gasteiger partial charge in [-0.1, -0.05) is 0 Å². The summed E-state index contributed by atoms with van der Waals surface area (Å²) in [7, 11) is 0. The molecule has 0 radical (unpaired) electrons. The van der Waals surface area contributed by atoms with Crippen LogP contribution in [0.2, 0.25) is 0 Å². The van der Waals surface area contributed by atoms with E-state index in [1.165, 1.54) is 0 Å². The van der Waals surface area contributed by atoms with E-state index in [0.717, 1.165) is 0 Å². The minimum atomic E-state index is -2.32. The van der Waals surface area contributed by atoms with Crippen LogP contribution in [-0.2, 0) is 4.79 Å². The highest BCUT2D eigenvalue weighted by atomic mass is 19.3. The number of hydrogen-bond donors (Lipinski definition) is 2. The van der Waals surface area contributed by atoms with E-state index in [0.29, 0.717) is 0 Å². The third-order valence-corrected chi connectivity index (χ3v) is 1.03. The van der Waals surface area contributed by atoms with Gasteiger partial charge in [0.05, 0.1) is 6.54 Å². The lowest BCUT2D eigenvalue weighted by Crippen LogP contribution is -2.29. The van der Waals surface area contributed by atoms with Crippen LogP contribution in [0.15, 0.2) is 11.9 Å². The molecule has 0 unspecified atom stereocenters. The third kappa shape index (κ3) is 5.72. The van der Waals surface area contributed by atoms with Crippen molar-refractivity contribution in [3.63, 3.8) is 0 Å². The van der Waals surface area contributed by atoms with Crippen molar-refractivity contribution < 1.29 is 18.0 Å². The van der Waals surface area contributed by atoms with Crippen molar-refractivity contribution in [3.8, 4) is 0 Å². The summed E-state index contributed by atoms with van der Waals surface area (Å²) in [5.74, 6) is -2.08. The molecule has 0 heterocycles. The van der Waals surface area contributed by atoms with Gasteiger partial charge in [0.2, 0.25) is 5.91 Å². The Balaban J connectivity index is 3.45. The number of halogens is 3. The largest absolute Gasteiger partial charge is 0.369 e. The maximum absolute atomic E-state index is 12.0. The molecule has 0 bridgehead atoms. The molecule has 0 rings (SSSR count). The number of amides is 1. The summed E-state index contributed by atoms with van der Waals surface area (Å²) in [4.78, 5) is 10.1. The monoisotopic (exact) mass is 182 g/mol. The standard InChI is InChI=1S/C6H9F3N2O/c7-4(6(8)9)1-2-11-3-5(10)12/h11H,1-3H2,(H2,10,12). The summed E-state index contributed by atoms with van der Waals surface area (Å²) in [6.45, 7) is -0.173. The van der Waals surface area contributed by atoms with Crippen molar-refractivity contribution in [3.05, 3.63) is 11.9 Å². The molecule has 0 atom stereocenters. The Kier molecular flexibility index (Phi) is 5.11. The highest BCUT2D eigenvalue weighted by Crippen LogP contribution is 2.11. The number of rotatable bonds is 5. The number of nitrogens with one attached hydrogen (secondary N) is 1. The molecule has 0 fully saturated rings. The van der Waals surface area contributed by atoms with Crippen LogP contribution in [0.5, 0.6) is 0 Å². The first kappa shape index (κ1) is 11.0. The molecule has 0 aliphatic rings. The van der Waals surface area contributed by atoms with Gasteiger partial charge in [0, 0.05) is 13.0 Å². The number of nitrogens with two attached hydrogens (primary N) is 1. The summed E-state index contributed by atoms with van der Waals surface area (Å²) in [5, 5.41) is 2.39. The molecule has 0 aliphatic carbocycles. The lowest BCUT2D eigenvalue weighted by Gasteiger charge is -1.98. The van der Waals surface area contributed by atoms with Crippen molar-refractivity contribution in [2.75, 3.05) is 13.1 Å². The van der Waals surface area contributed by atoms with Crippen molar-refractivity contribution in [2.24, 2.45) is 5.73 Å². The van der Waals surface area contributed by atoms with Gasteiger partial charge < -0.3 is 11.1 Å². The zero-order chi connectivity index (χ0) is 9.56. The van der Waals surface area contributed by atoms with Gasteiger partial charge in [-0.25, -0.2) is 4.39 Å². The second kappa shape index (κ2) is 5.59. The van der Waals surface area contributed by atoms with Crippen molar-refractivity contribution in [1.29, 1.82) is 0 Å². The smallest absolute Gasteiger partial charge is 0.301 e. The average molecular weight is 182 g/mol. The van der Waals surface area contributed by atoms with Gasteiger partial charge in [-0.2, -0.15) is 8.78 Å². The Bertz CT molecular complexity index is 189. The van der Waals surface area contributed by atoms with Gasteiger partial charge >= 0.3 is 6.08 Å². The molecule has 70 valence electrons. The fraction of sp³-hybridized carbons (Fsp3) is 0.500. The SMILES string of the molecule is NC(=O)CNCCC(F)=C(F)F.